The molecular formula is C8H18N2. The predicted molar refractivity (Wildman–Crippen MR) is 43.9 cm³/mol. The van der Waals surface area contributed by atoms with Gasteiger partial charge in [0.25, 0.3) is 0 Å². The van der Waals surface area contributed by atoms with E-state index in [4.69, 9.17) is 5.73 Å². The molecule has 0 aromatic rings. The Balaban J connectivity index is 2.11. The van der Waals surface area contributed by atoms with Gasteiger partial charge in [-0.2, -0.15) is 0 Å². The van der Waals surface area contributed by atoms with E-state index in [2.05, 4.69) is 18.9 Å². The summed E-state index contributed by atoms with van der Waals surface area (Å²) in [5, 5.41) is 0. The summed E-state index contributed by atoms with van der Waals surface area (Å²) in [7, 11) is 2.15. The third-order valence-corrected chi connectivity index (χ3v) is 2.08. The van der Waals surface area contributed by atoms with Crippen LogP contribution in [0.1, 0.15) is 26.2 Å². The largest absolute Gasteiger partial charge is 0.324 e. The monoisotopic (exact) mass is 142 g/mol. The Morgan fingerprint density at radius 1 is 1.50 bits per heavy atom. The van der Waals surface area contributed by atoms with Crippen LogP contribution in [0.4, 0.5) is 0 Å². The Morgan fingerprint density at radius 3 is 2.50 bits per heavy atom. The van der Waals surface area contributed by atoms with E-state index in [1.54, 1.807) is 0 Å². The molecule has 0 amide bonds. The first-order valence-electron chi connectivity index (χ1n) is 4.14. The van der Waals surface area contributed by atoms with Crippen LogP contribution in [0.3, 0.4) is 0 Å². The highest BCUT2D eigenvalue weighted by Crippen LogP contribution is 2.32. The predicted octanol–water partition coefficient (Wildman–Crippen LogP) is 0.820. The van der Waals surface area contributed by atoms with E-state index in [1.165, 1.54) is 25.8 Å². The van der Waals surface area contributed by atoms with Gasteiger partial charge in [-0.15, -0.1) is 0 Å². The van der Waals surface area contributed by atoms with Gasteiger partial charge in [-0.25, -0.2) is 0 Å². The summed E-state index contributed by atoms with van der Waals surface area (Å²) in [6, 6.07) is 0. The fourth-order valence-electron chi connectivity index (χ4n) is 1.32. The normalized spacial score (nSPS) is 21.6. The molecule has 0 heterocycles. The summed E-state index contributed by atoms with van der Waals surface area (Å²) in [4.78, 5) is 2.33. The molecule has 2 N–H and O–H groups in total. The summed E-state index contributed by atoms with van der Waals surface area (Å²) in [6.07, 6.45) is 3.68. The maximum absolute atomic E-state index is 5.94. The van der Waals surface area contributed by atoms with Gasteiger partial charge in [-0.3, -0.25) is 0 Å². The van der Waals surface area contributed by atoms with Crippen molar-refractivity contribution in [2.24, 2.45) is 5.73 Å². The molecule has 0 aromatic carbocycles. The van der Waals surface area contributed by atoms with Gasteiger partial charge in [0.1, 0.15) is 0 Å². The van der Waals surface area contributed by atoms with Crippen molar-refractivity contribution in [3.05, 3.63) is 0 Å². The van der Waals surface area contributed by atoms with Gasteiger partial charge in [0.2, 0.25) is 0 Å². The zero-order chi connectivity index (χ0) is 7.61. The lowest BCUT2D eigenvalue weighted by Gasteiger charge is -2.19. The Bertz CT molecular complexity index is 108. The quantitative estimate of drug-likeness (QED) is 0.629. The van der Waals surface area contributed by atoms with E-state index in [0.717, 1.165) is 6.54 Å². The number of hydrogen-bond acceptors (Lipinski definition) is 2. The van der Waals surface area contributed by atoms with Crippen molar-refractivity contribution in [3.63, 3.8) is 0 Å². The molecule has 0 atom stereocenters. The molecule has 1 fully saturated rings. The molecular weight excluding hydrogens is 124 g/mol. The number of likely N-dealkylation sites (N-methyl/N-ethyl adjacent to an activating group) is 1. The standard InChI is InChI=1S/C8H18N2/c1-3-6-10(2)7-8(9)4-5-8/h3-7,9H2,1-2H3. The molecule has 1 rings (SSSR count). The molecule has 0 saturated heterocycles. The molecule has 0 bridgehead atoms. The van der Waals surface area contributed by atoms with Crippen molar-refractivity contribution in [1.82, 2.24) is 4.90 Å². The van der Waals surface area contributed by atoms with Crippen molar-refractivity contribution >= 4 is 0 Å². The molecule has 0 spiro atoms. The number of rotatable bonds is 4. The minimum absolute atomic E-state index is 0.198. The van der Waals surface area contributed by atoms with Gasteiger partial charge in [0.15, 0.2) is 0 Å². The molecule has 0 unspecified atom stereocenters. The molecule has 2 nitrogen and oxygen atoms in total. The van der Waals surface area contributed by atoms with Crippen molar-refractivity contribution < 1.29 is 0 Å². The van der Waals surface area contributed by atoms with Crippen molar-refractivity contribution in [1.29, 1.82) is 0 Å². The van der Waals surface area contributed by atoms with Gasteiger partial charge < -0.3 is 10.6 Å². The summed E-state index contributed by atoms with van der Waals surface area (Å²) in [5.74, 6) is 0. The third kappa shape index (κ3) is 2.27. The van der Waals surface area contributed by atoms with Crippen LogP contribution in [0, 0.1) is 0 Å². The van der Waals surface area contributed by atoms with Crippen LogP contribution in [0.15, 0.2) is 0 Å². The minimum Gasteiger partial charge on any atom is -0.324 e. The maximum atomic E-state index is 5.94. The van der Waals surface area contributed by atoms with E-state index >= 15 is 0 Å². The fraction of sp³-hybridized carbons (Fsp3) is 1.00. The SMILES string of the molecule is CCCN(C)CC1(N)CC1. The summed E-state index contributed by atoms with van der Waals surface area (Å²) < 4.78 is 0. The lowest BCUT2D eigenvalue weighted by atomic mass is 10.2. The Labute approximate surface area is 63.4 Å². The van der Waals surface area contributed by atoms with E-state index in [0.29, 0.717) is 0 Å². The van der Waals surface area contributed by atoms with Crippen molar-refractivity contribution in [2.75, 3.05) is 20.1 Å². The average Bonchev–Trinajstić information content (AvgIpc) is 2.48. The molecule has 0 aromatic heterocycles. The molecule has 1 aliphatic carbocycles. The summed E-state index contributed by atoms with van der Waals surface area (Å²) in [5.41, 5.74) is 6.13. The first kappa shape index (κ1) is 8.02. The zero-order valence-electron chi connectivity index (χ0n) is 7.06. The van der Waals surface area contributed by atoms with Crippen LogP contribution >= 0.6 is 0 Å². The lowest BCUT2D eigenvalue weighted by Crippen LogP contribution is -2.37. The van der Waals surface area contributed by atoms with Crippen LogP contribution < -0.4 is 5.73 Å². The molecule has 1 aliphatic rings. The number of nitrogens with two attached hydrogens (primary N) is 1. The highest BCUT2D eigenvalue weighted by atomic mass is 15.1. The molecule has 0 aliphatic heterocycles. The van der Waals surface area contributed by atoms with Gasteiger partial charge in [0.05, 0.1) is 0 Å². The molecule has 1 saturated carbocycles. The number of nitrogens with zero attached hydrogens (tertiary/aromatic N) is 1. The first-order chi connectivity index (χ1) is 4.66. The van der Waals surface area contributed by atoms with Gasteiger partial charge in [0, 0.05) is 12.1 Å². The number of hydrogen-bond donors (Lipinski definition) is 1. The van der Waals surface area contributed by atoms with E-state index < -0.39 is 0 Å². The van der Waals surface area contributed by atoms with Crippen LogP contribution in [0.25, 0.3) is 0 Å². The van der Waals surface area contributed by atoms with Crippen molar-refractivity contribution in [3.8, 4) is 0 Å². The van der Waals surface area contributed by atoms with E-state index in [-0.39, 0.29) is 5.54 Å². The Kier molecular flexibility index (Phi) is 2.32. The lowest BCUT2D eigenvalue weighted by molar-refractivity contribution is 0.303. The van der Waals surface area contributed by atoms with Crippen LogP contribution in [0.2, 0.25) is 0 Å². The Morgan fingerprint density at radius 2 is 2.10 bits per heavy atom. The van der Waals surface area contributed by atoms with E-state index in [9.17, 15) is 0 Å². The highest BCUT2D eigenvalue weighted by Gasteiger charge is 2.38. The molecule has 0 radical (unpaired) electrons. The van der Waals surface area contributed by atoms with Crippen LogP contribution in [-0.4, -0.2) is 30.6 Å². The van der Waals surface area contributed by atoms with E-state index in [1.807, 2.05) is 0 Å². The topological polar surface area (TPSA) is 29.3 Å². The highest BCUT2D eigenvalue weighted by molar-refractivity contribution is 5.00. The summed E-state index contributed by atoms with van der Waals surface area (Å²) in [6.45, 7) is 4.46. The Hall–Kier alpha value is -0.0800. The average molecular weight is 142 g/mol. The smallest absolute Gasteiger partial charge is 0.0284 e. The molecule has 2 heteroatoms. The maximum Gasteiger partial charge on any atom is 0.0284 e. The van der Waals surface area contributed by atoms with Gasteiger partial charge >= 0.3 is 0 Å². The van der Waals surface area contributed by atoms with Crippen LogP contribution in [-0.2, 0) is 0 Å². The summed E-state index contributed by atoms with van der Waals surface area (Å²) >= 11 is 0. The second kappa shape index (κ2) is 2.89. The van der Waals surface area contributed by atoms with Gasteiger partial charge in [-0.05, 0) is 32.9 Å². The first-order valence-corrected chi connectivity index (χ1v) is 4.14. The van der Waals surface area contributed by atoms with Crippen LogP contribution in [0.5, 0.6) is 0 Å². The molecule has 60 valence electrons. The second-order valence-corrected chi connectivity index (χ2v) is 3.60. The fourth-order valence-corrected chi connectivity index (χ4v) is 1.32. The minimum atomic E-state index is 0.198. The third-order valence-electron chi connectivity index (χ3n) is 2.08. The van der Waals surface area contributed by atoms with Gasteiger partial charge in [-0.1, -0.05) is 6.92 Å². The second-order valence-electron chi connectivity index (χ2n) is 3.60. The molecule has 10 heavy (non-hydrogen) atoms. The zero-order valence-corrected chi connectivity index (χ0v) is 7.06. The van der Waals surface area contributed by atoms with Crippen molar-refractivity contribution in [2.45, 2.75) is 31.7 Å².